The van der Waals surface area contributed by atoms with E-state index in [2.05, 4.69) is 4.52 Å². The van der Waals surface area contributed by atoms with Crippen LogP contribution in [0.4, 0.5) is 0 Å². The van der Waals surface area contributed by atoms with Crippen molar-refractivity contribution in [2.45, 2.75) is 47.1 Å². The zero-order valence-corrected chi connectivity index (χ0v) is 15.0. The van der Waals surface area contributed by atoms with E-state index in [4.69, 9.17) is 14.5 Å². The number of benzene rings is 1. The quantitative estimate of drug-likeness (QED) is 0.607. The molecule has 0 amide bonds. The van der Waals surface area contributed by atoms with Crippen molar-refractivity contribution in [1.29, 1.82) is 0 Å². The summed E-state index contributed by atoms with van der Waals surface area (Å²) in [4.78, 5) is 29.6. The molecule has 1 aromatic carbocycles. The van der Waals surface area contributed by atoms with E-state index in [1.165, 1.54) is 12.1 Å². The van der Waals surface area contributed by atoms with Crippen molar-refractivity contribution in [2.24, 2.45) is 11.3 Å². The lowest BCUT2D eigenvalue weighted by Crippen LogP contribution is -2.36. The molecule has 1 aromatic rings. The summed E-state index contributed by atoms with van der Waals surface area (Å²) < 4.78 is 20.8. The van der Waals surface area contributed by atoms with Gasteiger partial charge >= 0.3 is 13.8 Å². The molecule has 1 atom stereocenters. The van der Waals surface area contributed by atoms with Crippen molar-refractivity contribution in [3.8, 4) is 5.75 Å². The minimum Gasteiger partial charge on any atom is -0.461 e. The van der Waals surface area contributed by atoms with Crippen LogP contribution in [0.25, 0.3) is 0 Å². The van der Waals surface area contributed by atoms with Crippen molar-refractivity contribution < 1.29 is 28.4 Å². The monoisotopic (exact) mass is 344 g/mol. The number of ether oxygens (including phenoxy) is 1. The molecule has 0 aliphatic heterocycles. The van der Waals surface area contributed by atoms with Crippen molar-refractivity contribution >= 4 is 13.8 Å². The molecule has 0 aliphatic carbocycles. The number of carbonyl (C=O) groups is 1. The van der Waals surface area contributed by atoms with Gasteiger partial charge in [0, 0.05) is 0 Å². The molecule has 0 heterocycles. The molecule has 1 unspecified atom stereocenters. The molecule has 6 nitrogen and oxygen atoms in total. The lowest BCUT2D eigenvalue weighted by Gasteiger charge is -2.33. The van der Waals surface area contributed by atoms with Crippen molar-refractivity contribution in [3.05, 3.63) is 29.8 Å². The fraction of sp³-hybridized carbons (Fsp3) is 0.562. The van der Waals surface area contributed by atoms with Crippen LogP contribution in [0.3, 0.4) is 0 Å². The molecule has 7 heteroatoms. The minimum atomic E-state index is -4.57. The molecule has 0 saturated carbocycles. The summed E-state index contributed by atoms with van der Waals surface area (Å²) in [5.74, 6) is -0.0783. The van der Waals surface area contributed by atoms with Crippen LogP contribution in [-0.4, -0.2) is 21.9 Å². The van der Waals surface area contributed by atoms with Crippen LogP contribution in [0.5, 0.6) is 5.75 Å². The van der Waals surface area contributed by atoms with Crippen LogP contribution >= 0.6 is 7.82 Å². The standard InChI is InChI=1S/C16H25O6P/c1-11(2)15(16(3,4)5)21-14(17)10-12-6-8-13(9-7-12)22-23(18,19)20/h6-9,11,15H,10H2,1-5H3,(H2,18,19,20). The summed E-state index contributed by atoms with van der Waals surface area (Å²) in [6.07, 6.45) is -0.0950. The largest absolute Gasteiger partial charge is 0.524 e. The highest BCUT2D eigenvalue weighted by Crippen LogP contribution is 2.37. The zero-order valence-electron chi connectivity index (χ0n) is 14.1. The van der Waals surface area contributed by atoms with Crippen LogP contribution in [-0.2, 0) is 20.5 Å². The van der Waals surface area contributed by atoms with Gasteiger partial charge in [-0.15, -0.1) is 0 Å². The topological polar surface area (TPSA) is 93.1 Å². The van der Waals surface area contributed by atoms with Crippen LogP contribution in [0.1, 0.15) is 40.2 Å². The van der Waals surface area contributed by atoms with Crippen molar-refractivity contribution in [3.63, 3.8) is 0 Å². The molecular weight excluding hydrogens is 319 g/mol. The van der Waals surface area contributed by atoms with E-state index in [1.807, 2.05) is 34.6 Å². The molecule has 0 bridgehead atoms. The summed E-state index contributed by atoms with van der Waals surface area (Å²) in [6.45, 7) is 10.1. The SMILES string of the molecule is CC(C)C(OC(=O)Cc1ccc(OP(=O)(O)O)cc1)C(C)(C)C. The normalized spacial score (nSPS) is 13.7. The van der Waals surface area contributed by atoms with E-state index in [0.717, 1.165) is 0 Å². The highest BCUT2D eigenvalue weighted by Gasteiger charge is 2.31. The zero-order chi connectivity index (χ0) is 17.8. The Morgan fingerprint density at radius 2 is 1.70 bits per heavy atom. The number of phosphoric acid groups is 1. The lowest BCUT2D eigenvalue weighted by molar-refractivity contribution is -0.157. The average Bonchev–Trinajstić information content (AvgIpc) is 2.35. The van der Waals surface area contributed by atoms with Gasteiger partial charge in [0.1, 0.15) is 11.9 Å². The summed E-state index contributed by atoms with van der Waals surface area (Å²) in [7, 11) is -4.57. The van der Waals surface area contributed by atoms with Crippen LogP contribution in [0.2, 0.25) is 0 Å². The molecule has 23 heavy (non-hydrogen) atoms. The van der Waals surface area contributed by atoms with Gasteiger partial charge in [0.25, 0.3) is 0 Å². The first-order valence-electron chi connectivity index (χ1n) is 7.42. The molecule has 0 radical (unpaired) electrons. The first kappa shape index (κ1) is 19.7. The first-order valence-corrected chi connectivity index (χ1v) is 8.95. The second-order valence-electron chi connectivity index (χ2n) is 6.92. The molecule has 0 saturated heterocycles. The minimum absolute atomic E-state index is 0.0465. The van der Waals surface area contributed by atoms with E-state index < -0.39 is 7.82 Å². The molecule has 0 aliphatic rings. The van der Waals surface area contributed by atoms with E-state index in [0.29, 0.717) is 5.56 Å². The summed E-state index contributed by atoms with van der Waals surface area (Å²) >= 11 is 0. The third kappa shape index (κ3) is 7.16. The Morgan fingerprint density at radius 3 is 2.09 bits per heavy atom. The van der Waals surface area contributed by atoms with Crippen LogP contribution in [0.15, 0.2) is 24.3 Å². The maximum Gasteiger partial charge on any atom is 0.524 e. The summed E-state index contributed by atoms with van der Waals surface area (Å²) in [5.41, 5.74) is 0.537. The predicted octanol–water partition coefficient (Wildman–Crippen LogP) is 3.31. The Balaban J connectivity index is 2.69. The van der Waals surface area contributed by atoms with Gasteiger partial charge in [0.2, 0.25) is 0 Å². The molecule has 1 rings (SSSR count). The Kier molecular flexibility index (Phi) is 6.40. The summed E-state index contributed by atoms with van der Waals surface area (Å²) in [5, 5.41) is 0. The van der Waals surface area contributed by atoms with Gasteiger partial charge in [-0.2, -0.15) is 0 Å². The highest BCUT2D eigenvalue weighted by molar-refractivity contribution is 7.46. The maximum atomic E-state index is 12.1. The third-order valence-electron chi connectivity index (χ3n) is 3.21. The van der Waals surface area contributed by atoms with E-state index in [-0.39, 0.29) is 35.6 Å². The highest BCUT2D eigenvalue weighted by atomic mass is 31.2. The van der Waals surface area contributed by atoms with Gasteiger partial charge in [-0.1, -0.05) is 46.8 Å². The Hall–Kier alpha value is -1.36. The van der Waals surface area contributed by atoms with E-state index in [1.54, 1.807) is 12.1 Å². The molecule has 0 aromatic heterocycles. The number of hydrogen-bond donors (Lipinski definition) is 2. The van der Waals surface area contributed by atoms with Gasteiger partial charge in [0.05, 0.1) is 6.42 Å². The lowest BCUT2D eigenvalue weighted by atomic mass is 9.82. The second kappa shape index (κ2) is 7.47. The first-order chi connectivity index (χ1) is 10.4. The number of rotatable bonds is 6. The Bertz CT molecular complexity index is 567. The van der Waals surface area contributed by atoms with Crippen LogP contribution < -0.4 is 4.52 Å². The third-order valence-corrected chi connectivity index (χ3v) is 3.66. The predicted molar refractivity (Wildman–Crippen MR) is 87.0 cm³/mol. The molecule has 130 valence electrons. The maximum absolute atomic E-state index is 12.1. The second-order valence-corrected chi connectivity index (χ2v) is 8.09. The van der Waals surface area contributed by atoms with Gasteiger partial charge in [-0.05, 0) is 29.0 Å². The average molecular weight is 344 g/mol. The van der Waals surface area contributed by atoms with E-state index in [9.17, 15) is 9.36 Å². The van der Waals surface area contributed by atoms with Gasteiger partial charge < -0.3 is 9.26 Å². The number of phosphoric ester groups is 1. The van der Waals surface area contributed by atoms with Gasteiger partial charge in [-0.3, -0.25) is 14.6 Å². The van der Waals surface area contributed by atoms with E-state index >= 15 is 0 Å². The number of esters is 1. The van der Waals surface area contributed by atoms with Crippen molar-refractivity contribution in [1.82, 2.24) is 0 Å². The van der Waals surface area contributed by atoms with Gasteiger partial charge in [0.15, 0.2) is 0 Å². The Labute approximate surface area is 137 Å². The van der Waals surface area contributed by atoms with Gasteiger partial charge in [-0.25, -0.2) is 4.57 Å². The fourth-order valence-corrected chi connectivity index (χ4v) is 2.86. The molecule has 0 fully saturated rings. The van der Waals surface area contributed by atoms with Crippen LogP contribution in [0, 0.1) is 11.3 Å². The molecular formula is C16H25O6P. The molecule has 2 N–H and O–H groups in total. The Morgan fingerprint density at radius 1 is 1.17 bits per heavy atom. The molecule has 0 spiro atoms. The number of hydrogen-bond acceptors (Lipinski definition) is 4. The fourth-order valence-electron chi connectivity index (χ4n) is 2.47. The van der Waals surface area contributed by atoms with Crippen molar-refractivity contribution in [2.75, 3.05) is 0 Å². The number of carbonyl (C=O) groups excluding carboxylic acids is 1. The smallest absolute Gasteiger partial charge is 0.461 e. The summed E-state index contributed by atoms with van der Waals surface area (Å²) in [6, 6.07) is 5.97.